The van der Waals surface area contributed by atoms with Gasteiger partial charge >= 0.3 is 0 Å². The Labute approximate surface area is 136 Å². The van der Waals surface area contributed by atoms with Gasteiger partial charge in [-0.3, -0.25) is 4.79 Å². The first kappa shape index (κ1) is 16.6. The Hall–Kier alpha value is -1.74. The summed E-state index contributed by atoms with van der Waals surface area (Å²) in [7, 11) is 0. The van der Waals surface area contributed by atoms with Gasteiger partial charge in [0.15, 0.2) is 5.78 Å². The molecule has 0 fully saturated rings. The van der Waals surface area contributed by atoms with Crippen molar-refractivity contribution < 1.29 is 9.53 Å². The molecule has 0 radical (unpaired) electrons. The Morgan fingerprint density at radius 2 is 1.77 bits per heavy atom. The molecular weight excluding hydrogens is 292 g/mol. The van der Waals surface area contributed by atoms with Crippen molar-refractivity contribution in [3.05, 3.63) is 59.2 Å². The van der Waals surface area contributed by atoms with E-state index in [1.165, 1.54) is 0 Å². The molecule has 0 unspecified atom stereocenters. The van der Waals surface area contributed by atoms with Crippen molar-refractivity contribution >= 4 is 17.5 Å². The SMILES string of the molecule is Cc1cc(C(=O)CSc2ccccc2)c(C)cc1OC(C)C. The summed E-state index contributed by atoms with van der Waals surface area (Å²) >= 11 is 1.57. The Kier molecular flexibility index (Phi) is 5.67. The van der Waals surface area contributed by atoms with E-state index >= 15 is 0 Å². The quantitative estimate of drug-likeness (QED) is 0.550. The summed E-state index contributed by atoms with van der Waals surface area (Å²) in [6.45, 7) is 7.96. The number of rotatable bonds is 6. The molecule has 2 nitrogen and oxygen atoms in total. The van der Waals surface area contributed by atoms with Gasteiger partial charge in [-0.25, -0.2) is 0 Å². The van der Waals surface area contributed by atoms with E-state index < -0.39 is 0 Å². The van der Waals surface area contributed by atoms with Crippen LogP contribution in [-0.4, -0.2) is 17.6 Å². The van der Waals surface area contributed by atoms with Gasteiger partial charge in [0.1, 0.15) is 5.75 Å². The summed E-state index contributed by atoms with van der Waals surface area (Å²) in [5.41, 5.74) is 2.77. The highest BCUT2D eigenvalue weighted by molar-refractivity contribution is 8.00. The van der Waals surface area contributed by atoms with Crippen LogP contribution in [0, 0.1) is 13.8 Å². The smallest absolute Gasteiger partial charge is 0.173 e. The van der Waals surface area contributed by atoms with Crippen LogP contribution >= 0.6 is 11.8 Å². The summed E-state index contributed by atoms with van der Waals surface area (Å²) in [4.78, 5) is 13.6. The number of benzene rings is 2. The Bertz CT molecular complexity index is 648. The lowest BCUT2D eigenvalue weighted by molar-refractivity contribution is 0.102. The second kappa shape index (κ2) is 7.50. The summed E-state index contributed by atoms with van der Waals surface area (Å²) in [5, 5.41) is 0. The van der Waals surface area contributed by atoms with Crippen LogP contribution < -0.4 is 4.74 Å². The molecule has 2 aromatic rings. The molecule has 0 amide bonds. The minimum atomic E-state index is 0.133. The maximum absolute atomic E-state index is 12.5. The molecule has 22 heavy (non-hydrogen) atoms. The number of aryl methyl sites for hydroxylation is 2. The van der Waals surface area contributed by atoms with Crippen molar-refractivity contribution in [1.82, 2.24) is 0 Å². The highest BCUT2D eigenvalue weighted by Gasteiger charge is 2.13. The van der Waals surface area contributed by atoms with Crippen LogP contribution in [0.15, 0.2) is 47.4 Å². The van der Waals surface area contributed by atoms with Crippen molar-refractivity contribution in [2.75, 3.05) is 5.75 Å². The van der Waals surface area contributed by atoms with Gasteiger partial charge < -0.3 is 4.74 Å². The van der Waals surface area contributed by atoms with Crippen molar-refractivity contribution in [3.63, 3.8) is 0 Å². The Morgan fingerprint density at radius 1 is 1.09 bits per heavy atom. The number of ether oxygens (including phenoxy) is 1. The van der Waals surface area contributed by atoms with Gasteiger partial charge in [-0.2, -0.15) is 0 Å². The summed E-state index contributed by atoms with van der Waals surface area (Å²) in [6.07, 6.45) is 0.133. The van der Waals surface area contributed by atoms with E-state index in [1.807, 2.05) is 70.2 Å². The average Bonchev–Trinajstić information content (AvgIpc) is 2.48. The van der Waals surface area contributed by atoms with Crippen LogP contribution in [0.5, 0.6) is 5.75 Å². The normalized spacial score (nSPS) is 10.8. The highest BCUT2D eigenvalue weighted by atomic mass is 32.2. The molecular formula is C19H22O2S. The van der Waals surface area contributed by atoms with Crippen LogP contribution in [-0.2, 0) is 0 Å². The third-order valence-corrected chi connectivity index (χ3v) is 4.31. The van der Waals surface area contributed by atoms with Crippen LogP contribution in [0.25, 0.3) is 0 Å². The zero-order valence-electron chi connectivity index (χ0n) is 13.6. The first-order valence-electron chi connectivity index (χ1n) is 7.46. The predicted octanol–water partition coefficient (Wildman–Crippen LogP) is 5.07. The Balaban J connectivity index is 2.11. The molecule has 3 heteroatoms. The molecule has 0 aliphatic carbocycles. The zero-order chi connectivity index (χ0) is 16.1. The Morgan fingerprint density at radius 3 is 2.41 bits per heavy atom. The number of ketones is 1. The number of hydrogen-bond donors (Lipinski definition) is 0. The van der Waals surface area contributed by atoms with E-state index in [-0.39, 0.29) is 11.9 Å². The molecule has 0 aromatic heterocycles. The van der Waals surface area contributed by atoms with Gasteiger partial charge in [-0.1, -0.05) is 18.2 Å². The summed E-state index contributed by atoms with van der Waals surface area (Å²) in [6, 6.07) is 13.9. The van der Waals surface area contributed by atoms with Gasteiger partial charge in [0, 0.05) is 10.5 Å². The molecule has 0 spiro atoms. The van der Waals surface area contributed by atoms with E-state index in [0.29, 0.717) is 5.75 Å². The summed E-state index contributed by atoms with van der Waals surface area (Å²) in [5.74, 6) is 1.47. The van der Waals surface area contributed by atoms with Gasteiger partial charge in [0.05, 0.1) is 11.9 Å². The number of carbonyl (C=O) groups is 1. The highest BCUT2D eigenvalue weighted by Crippen LogP contribution is 2.26. The van der Waals surface area contributed by atoms with Crippen molar-refractivity contribution in [2.45, 2.75) is 38.7 Å². The fourth-order valence-electron chi connectivity index (χ4n) is 2.21. The lowest BCUT2D eigenvalue weighted by atomic mass is 10.0. The number of Topliss-reactive ketones (excluding diaryl/α,β-unsaturated/α-hetero) is 1. The van der Waals surface area contributed by atoms with Gasteiger partial charge in [0.25, 0.3) is 0 Å². The van der Waals surface area contributed by atoms with E-state index in [4.69, 9.17) is 4.74 Å². The van der Waals surface area contributed by atoms with Crippen LogP contribution in [0.2, 0.25) is 0 Å². The maximum Gasteiger partial charge on any atom is 0.173 e. The lowest BCUT2D eigenvalue weighted by Crippen LogP contribution is -2.10. The van der Waals surface area contributed by atoms with Crippen molar-refractivity contribution in [2.24, 2.45) is 0 Å². The van der Waals surface area contributed by atoms with Gasteiger partial charge in [-0.05, 0) is 63.1 Å². The number of thioether (sulfide) groups is 1. The largest absolute Gasteiger partial charge is 0.491 e. The van der Waals surface area contributed by atoms with Crippen molar-refractivity contribution in [1.29, 1.82) is 0 Å². The van der Waals surface area contributed by atoms with Gasteiger partial charge in [0.2, 0.25) is 0 Å². The van der Waals surface area contributed by atoms with Crippen molar-refractivity contribution in [3.8, 4) is 5.75 Å². The van der Waals surface area contributed by atoms with E-state index in [1.54, 1.807) is 11.8 Å². The topological polar surface area (TPSA) is 26.3 Å². The molecule has 0 aliphatic heterocycles. The fraction of sp³-hybridized carbons (Fsp3) is 0.316. The average molecular weight is 314 g/mol. The second-order valence-electron chi connectivity index (χ2n) is 5.62. The maximum atomic E-state index is 12.5. The standard InChI is InChI=1S/C19H22O2S/c1-13(2)21-19-11-14(3)17(10-15(19)4)18(20)12-22-16-8-6-5-7-9-16/h5-11,13H,12H2,1-4H3. The molecule has 0 aliphatic rings. The summed E-state index contributed by atoms with van der Waals surface area (Å²) < 4.78 is 5.77. The third-order valence-electron chi connectivity index (χ3n) is 3.30. The molecule has 2 aromatic carbocycles. The zero-order valence-corrected chi connectivity index (χ0v) is 14.4. The molecule has 2 rings (SSSR count). The van der Waals surface area contributed by atoms with E-state index in [2.05, 4.69) is 0 Å². The van der Waals surface area contributed by atoms with E-state index in [9.17, 15) is 4.79 Å². The molecule has 0 N–H and O–H groups in total. The molecule has 0 atom stereocenters. The monoisotopic (exact) mass is 314 g/mol. The minimum absolute atomic E-state index is 0.133. The number of carbonyl (C=O) groups excluding carboxylic acids is 1. The minimum Gasteiger partial charge on any atom is -0.491 e. The molecule has 116 valence electrons. The van der Waals surface area contributed by atoms with Crippen LogP contribution in [0.4, 0.5) is 0 Å². The van der Waals surface area contributed by atoms with E-state index in [0.717, 1.165) is 27.3 Å². The lowest BCUT2D eigenvalue weighted by Gasteiger charge is -2.15. The second-order valence-corrected chi connectivity index (χ2v) is 6.67. The molecule has 0 saturated carbocycles. The fourth-order valence-corrected chi connectivity index (χ4v) is 3.02. The first-order chi connectivity index (χ1) is 10.5. The third kappa shape index (κ3) is 4.38. The molecule has 0 saturated heterocycles. The first-order valence-corrected chi connectivity index (χ1v) is 8.45. The molecule has 0 bridgehead atoms. The number of hydrogen-bond acceptors (Lipinski definition) is 3. The van der Waals surface area contributed by atoms with Crippen LogP contribution in [0.3, 0.4) is 0 Å². The van der Waals surface area contributed by atoms with Crippen LogP contribution in [0.1, 0.15) is 35.3 Å². The molecule has 0 heterocycles. The predicted molar refractivity (Wildman–Crippen MR) is 93.2 cm³/mol. The van der Waals surface area contributed by atoms with Gasteiger partial charge in [-0.15, -0.1) is 11.8 Å².